The fourth-order valence-corrected chi connectivity index (χ4v) is 1.56. The zero-order chi connectivity index (χ0) is 11.0. The Labute approximate surface area is 86.1 Å². The highest BCUT2D eigenvalue weighted by Crippen LogP contribution is 2.20. The van der Waals surface area contributed by atoms with E-state index in [-0.39, 0.29) is 5.69 Å². The van der Waals surface area contributed by atoms with Crippen LogP contribution < -0.4 is 5.73 Å². The van der Waals surface area contributed by atoms with Crippen LogP contribution in [-0.2, 0) is 0 Å². The Hall–Kier alpha value is -1.88. The predicted molar refractivity (Wildman–Crippen MR) is 55.2 cm³/mol. The Morgan fingerprint density at radius 1 is 1.53 bits per heavy atom. The Bertz CT molecular complexity index is 516. The molecule has 0 spiro atoms. The van der Waals surface area contributed by atoms with Gasteiger partial charge in [0.15, 0.2) is 5.69 Å². The van der Waals surface area contributed by atoms with Crippen LogP contribution in [0.3, 0.4) is 0 Å². The van der Waals surface area contributed by atoms with Crippen molar-refractivity contribution in [2.45, 2.75) is 13.2 Å². The molecule has 78 valence electrons. The van der Waals surface area contributed by atoms with Gasteiger partial charge in [0.05, 0.1) is 5.52 Å². The van der Waals surface area contributed by atoms with Crippen molar-refractivity contribution >= 4 is 16.8 Å². The summed E-state index contributed by atoms with van der Waals surface area (Å²) in [6, 6.07) is 7.14. The number of fused-ring (bicyclic) bond motifs is 1. The average molecular weight is 205 g/mol. The number of rotatable bonds is 2. The molecule has 0 aliphatic rings. The minimum atomic E-state index is -0.789. The van der Waals surface area contributed by atoms with Gasteiger partial charge in [-0.1, -0.05) is 18.2 Å². The summed E-state index contributed by atoms with van der Waals surface area (Å²) >= 11 is 0. The van der Waals surface area contributed by atoms with Gasteiger partial charge in [-0.25, -0.2) is 4.68 Å². The molecule has 2 rings (SSSR count). The van der Waals surface area contributed by atoms with Crippen LogP contribution in [-0.4, -0.2) is 20.8 Å². The molecule has 0 radical (unpaired) electrons. The van der Waals surface area contributed by atoms with Crippen LogP contribution in [0.4, 0.5) is 0 Å². The van der Waals surface area contributed by atoms with E-state index in [9.17, 15) is 9.90 Å². The average Bonchev–Trinajstić information content (AvgIpc) is 2.56. The summed E-state index contributed by atoms with van der Waals surface area (Å²) in [6.45, 7) is 1.57. The number of nitrogens with zero attached hydrogens (tertiary/aromatic N) is 2. The van der Waals surface area contributed by atoms with Gasteiger partial charge in [0.1, 0.15) is 6.23 Å². The van der Waals surface area contributed by atoms with E-state index in [1.165, 1.54) is 4.68 Å². The van der Waals surface area contributed by atoms with E-state index in [4.69, 9.17) is 5.73 Å². The van der Waals surface area contributed by atoms with Crippen LogP contribution in [0.5, 0.6) is 0 Å². The van der Waals surface area contributed by atoms with Gasteiger partial charge in [-0.05, 0) is 13.0 Å². The molecule has 0 aliphatic carbocycles. The molecule has 0 unspecified atom stereocenters. The van der Waals surface area contributed by atoms with E-state index in [1.807, 2.05) is 6.07 Å². The Morgan fingerprint density at radius 2 is 2.20 bits per heavy atom. The number of hydrogen-bond acceptors (Lipinski definition) is 3. The van der Waals surface area contributed by atoms with Gasteiger partial charge in [0, 0.05) is 5.39 Å². The van der Waals surface area contributed by atoms with Gasteiger partial charge in [-0.3, -0.25) is 4.79 Å². The molecule has 5 nitrogen and oxygen atoms in total. The number of benzene rings is 1. The second-order valence-electron chi connectivity index (χ2n) is 3.31. The minimum Gasteiger partial charge on any atom is -0.372 e. The summed E-state index contributed by atoms with van der Waals surface area (Å²) in [5.74, 6) is -0.592. The zero-order valence-corrected chi connectivity index (χ0v) is 8.21. The second kappa shape index (κ2) is 3.36. The van der Waals surface area contributed by atoms with Gasteiger partial charge < -0.3 is 10.8 Å². The largest absolute Gasteiger partial charge is 0.372 e. The van der Waals surface area contributed by atoms with Gasteiger partial charge in [-0.2, -0.15) is 5.10 Å². The molecule has 1 heterocycles. The number of amides is 1. The number of aromatic nitrogens is 2. The maximum Gasteiger partial charge on any atom is 0.269 e. The lowest BCUT2D eigenvalue weighted by molar-refractivity contribution is 0.0983. The number of nitrogens with two attached hydrogens (primary N) is 1. The molecule has 3 N–H and O–H groups in total. The van der Waals surface area contributed by atoms with E-state index >= 15 is 0 Å². The molecule has 1 amide bonds. The SMILES string of the molecule is C[C@@H](O)n1nc(C(N)=O)c2ccccc21. The van der Waals surface area contributed by atoms with Crippen LogP contribution in [0.15, 0.2) is 24.3 Å². The van der Waals surface area contributed by atoms with Crippen molar-refractivity contribution < 1.29 is 9.90 Å². The first-order valence-electron chi connectivity index (χ1n) is 4.56. The first-order valence-corrected chi connectivity index (χ1v) is 4.56. The lowest BCUT2D eigenvalue weighted by atomic mass is 10.2. The molecule has 5 heteroatoms. The molecular weight excluding hydrogens is 194 g/mol. The smallest absolute Gasteiger partial charge is 0.269 e. The van der Waals surface area contributed by atoms with E-state index in [0.29, 0.717) is 10.9 Å². The first-order chi connectivity index (χ1) is 7.11. The van der Waals surface area contributed by atoms with E-state index in [0.717, 1.165) is 0 Å². The second-order valence-corrected chi connectivity index (χ2v) is 3.31. The fraction of sp³-hybridized carbons (Fsp3) is 0.200. The number of para-hydroxylation sites is 1. The summed E-state index contributed by atoms with van der Waals surface area (Å²) in [5, 5.41) is 14.1. The Balaban J connectivity index is 2.79. The lowest BCUT2D eigenvalue weighted by Gasteiger charge is -2.04. The van der Waals surface area contributed by atoms with Gasteiger partial charge >= 0.3 is 0 Å². The highest BCUT2D eigenvalue weighted by molar-refractivity contribution is 6.04. The van der Waals surface area contributed by atoms with Crippen molar-refractivity contribution in [1.82, 2.24) is 9.78 Å². The molecule has 1 atom stereocenters. The molecule has 0 saturated carbocycles. The molecule has 0 aliphatic heterocycles. The molecule has 0 saturated heterocycles. The van der Waals surface area contributed by atoms with E-state index in [2.05, 4.69) is 5.10 Å². The van der Waals surface area contributed by atoms with Gasteiger partial charge in [-0.15, -0.1) is 0 Å². The molecule has 2 aromatic rings. The summed E-state index contributed by atoms with van der Waals surface area (Å²) in [5.41, 5.74) is 6.08. The quantitative estimate of drug-likeness (QED) is 0.755. The third-order valence-corrected chi connectivity index (χ3v) is 2.20. The fourth-order valence-electron chi connectivity index (χ4n) is 1.56. The van der Waals surface area contributed by atoms with Gasteiger partial charge in [0.2, 0.25) is 0 Å². The van der Waals surface area contributed by atoms with Crippen molar-refractivity contribution in [1.29, 1.82) is 0 Å². The summed E-state index contributed by atoms with van der Waals surface area (Å²) < 4.78 is 1.37. The predicted octanol–water partition coefficient (Wildman–Crippen LogP) is 0.646. The Morgan fingerprint density at radius 3 is 2.80 bits per heavy atom. The first kappa shape index (κ1) is 9.67. The minimum absolute atomic E-state index is 0.187. The van der Waals surface area contributed by atoms with Gasteiger partial charge in [0.25, 0.3) is 5.91 Å². The normalized spacial score (nSPS) is 12.9. The molecule has 1 aromatic carbocycles. The molecule has 1 aromatic heterocycles. The highest BCUT2D eigenvalue weighted by atomic mass is 16.3. The van der Waals surface area contributed by atoms with Crippen molar-refractivity contribution in [3.05, 3.63) is 30.0 Å². The van der Waals surface area contributed by atoms with E-state index in [1.54, 1.807) is 25.1 Å². The third-order valence-electron chi connectivity index (χ3n) is 2.20. The Kier molecular flexibility index (Phi) is 2.17. The van der Waals surface area contributed by atoms with Crippen molar-refractivity contribution in [2.24, 2.45) is 5.73 Å². The zero-order valence-electron chi connectivity index (χ0n) is 8.21. The third kappa shape index (κ3) is 1.46. The van der Waals surface area contributed by atoms with Crippen LogP contribution in [0, 0.1) is 0 Å². The lowest BCUT2D eigenvalue weighted by Crippen LogP contribution is -2.13. The molecule has 0 fully saturated rings. The highest BCUT2D eigenvalue weighted by Gasteiger charge is 2.15. The van der Waals surface area contributed by atoms with E-state index < -0.39 is 12.1 Å². The van der Waals surface area contributed by atoms with Crippen molar-refractivity contribution in [3.8, 4) is 0 Å². The summed E-state index contributed by atoms with van der Waals surface area (Å²) in [4.78, 5) is 11.1. The number of hydrogen-bond donors (Lipinski definition) is 2. The van der Waals surface area contributed by atoms with Crippen molar-refractivity contribution in [2.75, 3.05) is 0 Å². The number of primary amides is 1. The van der Waals surface area contributed by atoms with Crippen LogP contribution in [0.2, 0.25) is 0 Å². The standard InChI is InChI=1S/C10H11N3O2/c1-6(14)13-8-5-3-2-4-7(8)9(12-13)10(11)15/h2-6,14H,1H3,(H2,11,15)/t6-/m1/s1. The monoisotopic (exact) mass is 205 g/mol. The molecule has 15 heavy (non-hydrogen) atoms. The van der Waals surface area contributed by atoms with Crippen molar-refractivity contribution in [3.63, 3.8) is 0 Å². The summed E-state index contributed by atoms with van der Waals surface area (Å²) in [6.07, 6.45) is -0.789. The maximum atomic E-state index is 11.1. The van der Waals surface area contributed by atoms with Crippen LogP contribution in [0.1, 0.15) is 23.6 Å². The topological polar surface area (TPSA) is 81.1 Å². The van der Waals surface area contributed by atoms with Crippen LogP contribution in [0.25, 0.3) is 10.9 Å². The van der Waals surface area contributed by atoms with Crippen LogP contribution >= 0.6 is 0 Å². The maximum absolute atomic E-state index is 11.1. The summed E-state index contributed by atoms with van der Waals surface area (Å²) in [7, 11) is 0. The number of carbonyl (C=O) groups excluding carboxylic acids is 1. The number of aliphatic hydroxyl groups is 1. The number of aliphatic hydroxyl groups excluding tert-OH is 1. The molecule has 0 bridgehead atoms. The number of carbonyl (C=O) groups is 1. The molecular formula is C10H11N3O2.